The standard InChI is InChI=1S/C15H21Cl2FN2.2ClH/c1-15(2,3)14(20-8-6-19-7-9-20)12-11(18)5-4-10(16)13(12)17;;/h4-5,14,19H,6-9H2,1-3H3;2*1H/t14-;;/m1../s1. The molecule has 1 aromatic rings. The maximum absolute atomic E-state index is 14.4. The fourth-order valence-electron chi connectivity index (χ4n) is 2.90. The van der Waals surface area contributed by atoms with Crippen LogP contribution in [0.2, 0.25) is 10.0 Å². The fourth-order valence-corrected chi connectivity index (χ4v) is 3.32. The highest BCUT2D eigenvalue weighted by Gasteiger charge is 2.36. The Bertz CT molecular complexity index is 485. The topological polar surface area (TPSA) is 15.3 Å². The van der Waals surface area contributed by atoms with Crippen LogP contribution in [0.5, 0.6) is 0 Å². The molecule has 0 radical (unpaired) electrons. The van der Waals surface area contributed by atoms with E-state index >= 15 is 0 Å². The molecule has 2 rings (SSSR count). The maximum Gasteiger partial charge on any atom is 0.129 e. The van der Waals surface area contributed by atoms with Gasteiger partial charge in [-0.2, -0.15) is 0 Å². The number of nitrogens with zero attached hydrogens (tertiary/aromatic N) is 1. The van der Waals surface area contributed by atoms with Crippen molar-refractivity contribution in [2.24, 2.45) is 5.41 Å². The Morgan fingerprint density at radius 3 is 2.18 bits per heavy atom. The SMILES string of the molecule is CC(C)(C)[C@@H](c1c(F)ccc(Cl)c1Cl)N1CCNCC1.Cl.Cl. The normalized spacial score (nSPS) is 17.4. The lowest BCUT2D eigenvalue weighted by atomic mass is 9.80. The third-order valence-corrected chi connectivity index (χ3v) is 4.51. The molecule has 0 spiro atoms. The average molecular weight is 392 g/mol. The Morgan fingerprint density at radius 2 is 1.68 bits per heavy atom. The Kier molecular flexibility index (Phi) is 9.00. The Labute approximate surface area is 154 Å². The molecule has 0 unspecified atom stereocenters. The van der Waals surface area contributed by atoms with Crippen LogP contribution in [0.1, 0.15) is 32.4 Å². The molecule has 1 heterocycles. The van der Waals surface area contributed by atoms with Crippen LogP contribution in [0, 0.1) is 11.2 Å². The summed E-state index contributed by atoms with van der Waals surface area (Å²) in [4.78, 5) is 2.29. The zero-order chi connectivity index (χ0) is 14.9. The molecule has 1 atom stereocenters. The van der Waals surface area contributed by atoms with Crippen LogP contribution in [-0.4, -0.2) is 31.1 Å². The summed E-state index contributed by atoms with van der Waals surface area (Å²) in [6.07, 6.45) is 0. The van der Waals surface area contributed by atoms with Gasteiger partial charge < -0.3 is 5.32 Å². The first-order valence-corrected chi connectivity index (χ1v) is 7.66. The molecule has 1 aliphatic heterocycles. The van der Waals surface area contributed by atoms with Gasteiger partial charge in [0.25, 0.3) is 0 Å². The molecule has 1 aliphatic rings. The molecule has 1 fully saturated rings. The minimum atomic E-state index is -0.280. The van der Waals surface area contributed by atoms with E-state index < -0.39 is 0 Å². The van der Waals surface area contributed by atoms with Gasteiger partial charge >= 0.3 is 0 Å². The first kappa shape index (κ1) is 22.2. The van der Waals surface area contributed by atoms with E-state index in [0.29, 0.717) is 15.6 Å². The van der Waals surface area contributed by atoms with E-state index in [2.05, 4.69) is 31.0 Å². The highest BCUT2D eigenvalue weighted by atomic mass is 35.5. The molecule has 0 aliphatic carbocycles. The number of rotatable bonds is 2. The molecular formula is C15H23Cl4FN2. The van der Waals surface area contributed by atoms with Crippen molar-refractivity contribution < 1.29 is 4.39 Å². The van der Waals surface area contributed by atoms with Crippen LogP contribution in [0.4, 0.5) is 4.39 Å². The molecule has 1 saturated heterocycles. The Balaban J connectivity index is 0.00000220. The number of piperazine rings is 1. The molecule has 0 bridgehead atoms. The van der Waals surface area contributed by atoms with E-state index in [1.54, 1.807) is 0 Å². The number of hydrogen-bond acceptors (Lipinski definition) is 2. The molecule has 1 aromatic carbocycles. The summed E-state index contributed by atoms with van der Waals surface area (Å²) >= 11 is 12.4. The van der Waals surface area contributed by atoms with Crippen LogP contribution >= 0.6 is 48.0 Å². The van der Waals surface area contributed by atoms with E-state index in [1.165, 1.54) is 12.1 Å². The summed E-state index contributed by atoms with van der Waals surface area (Å²) in [7, 11) is 0. The van der Waals surface area contributed by atoms with Crippen molar-refractivity contribution in [3.05, 3.63) is 33.6 Å². The van der Waals surface area contributed by atoms with E-state index in [1.807, 2.05) is 0 Å². The summed E-state index contributed by atoms with van der Waals surface area (Å²) in [5.41, 5.74) is 0.389. The zero-order valence-corrected chi connectivity index (χ0v) is 16.1. The van der Waals surface area contributed by atoms with Crippen molar-refractivity contribution >= 4 is 48.0 Å². The molecular weight excluding hydrogens is 369 g/mol. The molecule has 7 heteroatoms. The molecule has 128 valence electrons. The first-order valence-electron chi connectivity index (χ1n) is 6.90. The molecule has 0 saturated carbocycles. The summed E-state index contributed by atoms with van der Waals surface area (Å²) in [5, 5.41) is 4.07. The predicted octanol–water partition coefficient (Wildman–Crippen LogP) is 4.97. The van der Waals surface area contributed by atoms with Gasteiger partial charge in [0.1, 0.15) is 5.82 Å². The van der Waals surface area contributed by atoms with Crippen LogP contribution in [-0.2, 0) is 0 Å². The van der Waals surface area contributed by atoms with Gasteiger partial charge in [-0.3, -0.25) is 4.90 Å². The van der Waals surface area contributed by atoms with Gasteiger partial charge in [0.15, 0.2) is 0 Å². The molecule has 22 heavy (non-hydrogen) atoms. The molecule has 1 N–H and O–H groups in total. The number of nitrogens with one attached hydrogen (secondary N) is 1. The summed E-state index contributed by atoms with van der Waals surface area (Å²) in [6.45, 7) is 9.90. The second-order valence-electron chi connectivity index (χ2n) is 6.31. The van der Waals surface area contributed by atoms with Gasteiger partial charge in [-0.15, -0.1) is 24.8 Å². The number of benzene rings is 1. The summed E-state index contributed by atoms with van der Waals surface area (Å²) < 4.78 is 14.4. The van der Waals surface area contributed by atoms with Gasteiger partial charge in [0.2, 0.25) is 0 Å². The second kappa shape index (κ2) is 8.91. The lowest BCUT2D eigenvalue weighted by Crippen LogP contribution is -2.48. The smallest absolute Gasteiger partial charge is 0.129 e. The van der Waals surface area contributed by atoms with Gasteiger partial charge in [-0.25, -0.2) is 4.39 Å². The molecule has 0 amide bonds. The molecule has 2 nitrogen and oxygen atoms in total. The van der Waals surface area contributed by atoms with Crippen LogP contribution in [0.25, 0.3) is 0 Å². The lowest BCUT2D eigenvalue weighted by molar-refractivity contribution is 0.0835. The summed E-state index contributed by atoms with van der Waals surface area (Å²) in [6, 6.07) is 2.83. The van der Waals surface area contributed by atoms with Gasteiger partial charge in [-0.05, 0) is 17.5 Å². The Hall–Kier alpha value is 0.230. The number of halogens is 5. The van der Waals surface area contributed by atoms with Gasteiger partial charge in [0.05, 0.1) is 10.0 Å². The average Bonchev–Trinajstić information content (AvgIpc) is 2.39. The van der Waals surface area contributed by atoms with Crippen LogP contribution in [0.15, 0.2) is 12.1 Å². The van der Waals surface area contributed by atoms with Crippen LogP contribution < -0.4 is 5.32 Å². The predicted molar refractivity (Wildman–Crippen MR) is 97.6 cm³/mol. The van der Waals surface area contributed by atoms with Gasteiger partial charge in [0, 0.05) is 37.8 Å². The Morgan fingerprint density at radius 1 is 1.14 bits per heavy atom. The fraction of sp³-hybridized carbons (Fsp3) is 0.600. The third kappa shape index (κ3) is 4.86. The highest BCUT2D eigenvalue weighted by Crippen LogP contribution is 2.44. The minimum absolute atomic E-state index is 0. The first-order chi connectivity index (χ1) is 9.32. The number of hydrogen-bond donors (Lipinski definition) is 1. The monoisotopic (exact) mass is 390 g/mol. The second-order valence-corrected chi connectivity index (χ2v) is 7.10. The van der Waals surface area contributed by atoms with Crippen molar-refractivity contribution in [3.8, 4) is 0 Å². The van der Waals surface area contributed by atoms with Crippen molar-refractivity contribution in [1.29, 1.82) is 0 Å². The van der Waals surface area contributed by atoms with E-state index in [4.69, 9.17) is 23.2 Å². The quantitative estimate of drug-likeness (QED) is 0.716. The lowest BCUT2D eigenvalue weighted by Gasteiger charge is -2.43. The zero-order valence-electron chi connectivity index (χ0n) is 13.0. The van der Waals surface area contributed by atoms with Gasteiger partial charge in [-0.1, -0.05) is 44.0 Å². The van der Waals surface area contributed by atoms with Crippen molar-refractivity contribution in [2.75, 3.05) is 26.2 Å². The molecule has 0 aromatic heterocycles. The van der Waals surface area contributed by atoms with Crippen molar-refractivity contribution in [3.63, 3.8) is 0 Å². The van der Waals surface area contributed by atoms with Crippen molar-refractivity contribution in [1.82, 2.24) is 10.2 Å². The maximum atomic E-state index is 14.4. The third-order valence-electron chi connectivity index (χ3n) is 3.69. The van der Waals surface area contributed by atoms with Crippen molar-refractivity contribution in [2.45, 2.75) is 26.8 Å². The summed E-state index contributed by atoms with van der Waals surface area (Å²) in [5.74, 6) is -0.280. The van der Waals surface area contributed by atoms with E-state index in [9.17, 15) is 4.39 Å². The van der Waals surface area contributed by atoms with Crippen LogP contribution in [0.3, 0.4) is 0 Å². The highest BCUT2D eigenvalue weighted by molar-refractivity contribution is 6.42. The van der Waals surface area contributed by atoms with E-state index in [-0.39, 0.29) is 42.1 Å². The minimum Gasteiger partial charge on any atom is -0.314 e. The van der Waals surface area contributed by atoms with E-state index in [0.717, 1.165) is 26.2 Å². The largest absolute Gasteiger partial charge is 0.314 e.